The number of aromatic nitrogens is 2. The number of hydrogen-bond acceptors (Lipinski definition) is 4. The Labute approximate surface area is 150 Å². The van der Waals surface area contributed by atoms with Crippen LogP contribution in [-0.4, -0.2) is 15.8 Å². The minimum atomic E-state index is -0.554. The van der Waals surface area contributed by atoms with Gasteiger partial charge < -0.3 is 5.32 Å². The second-order valence-corrected chi connectivity index (χ2v) is 7.25. The van der Waals surface area contributed by atoms with E-state index in [-0.39, 0.29) is 5.78 Å². The Morgan fingerprint density at radius 1 is 1.00 bits per heavy atom. The van der Waals surface area contributed by atoms with Crippen molar-refractivity contribution < 1.29 is 4.79 Å². The van der Waals surface area contributed by atoms with E-state index in [4.69, 9.17) is 0 Å². The molecule has 3 N–H and O–H groups in total. The van der Waals surface area contributed by atoms with Gasteiger partial charge in [-0.25, -0.2) is 4.79 Å². The smallest absolute Gasteiger partial charge is 0.327 e. The van der Waals surface area contributed by atoms with E-state index >= 15 is 0 Å². The lowest BCUT2D eigenvalue weighted by Gasteiger charge is -2.32. The number of carbonyl (C=O) groups excluding carboxylic acids is 1. The van der Waals surface area contributed by atoms with Crippen LogP contribution in [0.15, 0.2) is 45.1 Å². The van der Waals surface area contributed by atoms with Gasteiger partial charge in [-0.15, -0.1) is 0 Å². The lowest BCUT2D eigenvalue weighted by Crippen LogP contribution is -2.36. The zero-order chi connectivity index (χ0) is 18.4. The Kier molecular flexibility index (Phi) is 3.90. The Bertz CT molecular complexity index is 1030. The summed E-state index contributed by atoms with van der Waals surface area (Å²) in [6, 6.07) is 8.03. The van der Waals surface area contributed by atoms with Gasteiger partial charge in [0.2, 0.25) is 0 Å². The summed E-state index contributed by atoms with van der Waals surface area (Å²) >= 11 is 0. The topological polar surface area (TPSA) is 94.8 Å². The fourth-order valence-electron chi connectivity index (χ4n) is 3.90. The maximum absolute atomic E-state index is 12.7. The predicted molar refractivity (Wildman–Crippen MR) is 99.6 cm³/mol. The Balaban J connectivity index is 1.95. The molecule has 2 heterocycles. The minimum Gasteiger partial charge on any atom is -0.344 e. The average molecular weight is 351 g/mol. The number of aromatic amines is 2. The number of rotatable bonds is 2. The first-order valence-electron chi connectivity index (χ1n) is 8.95. The van der Waals surface area contributed by atoms with E-state index in [9.17, 15) is 14.4 Å². The molecule has 4 rings (SSSR count). The van der Waals surface area contributed by atoms with Crippen LogP contribution in [0.4, 0.5) is 5.82 Å². The number of benzene rings is 1. The van der Waals surface area contributed by atoms with Crippen molar-refractivity contribution in [2.24, 2.45) is 0 Å². The number of nitrogens with one attached hydrogen (secondary N) is 3. The van der Waals surface area contributed by atoms with Crippen LogP contribution in [0.2, 0.25) is 0 Å². The predicted octanol–water partition coefficient (Wildman–Crippen LogP) is 2.75. The van der Waals surface area contributed by atoms with Gasteiger partial charge in [0.1, 0.15) is 5.82 Å². The highest BCUT2D eigenvalue weighted by molar-refractivity contribution is 6.00. The van der Waals surface area contributed by atoms with E-state index in [1.165, 1.54) is 5.56 Å². The summed E-state index contributed by atoms with van der Waals surface area (Å²) in [5, 5.41) is 3.12. The number of ketones is 1. The quantitative estimate of drug-likeness (QED) is 0.775. The van der Waals surface area contributed by atoms with Crippen molar-refractivity contribution in [1.29, 1.82) is 0 Å². The molecule has 0 spiro atoms. The molecule has 1 aliphatic carbocycles. The monoisotopic (exact) mass is 351 g/mol. The maximum Gasteiger partial charge on any atom is 0.327 e. The van der Waals surface area contributed by atoms with Crippen LogP contribution in [-0.2, 0) is 4.79 Å². The van der Waals surface area contributed by atoms with Gasteiger partial charge in [0.25, 0.3) is 5.56 Å². The molecule has 1 aromatic heterocycles. The first-order valence-corrected chi connectivity index (χ1v) is 8.95. The zero-order valence-electron chi connectivity index (χ0n) is 14.8. The Morgan fingerprint density at radius 2 is 1.73 bits per heavy atom. The van der Waals surface area contributed by atoms with Gasteiger partial charge in [-0.1, -0.05) is 38.1 Å². The molecule has 134 valence electrons. The highest BCUT2D eigenvalue weighted by Crippen LogP contribution is 2.42. The standard InChI is InChI=1S/C20H21N3O3/c1-10(2)11-6-8-12(9-7-11)15-16-13(4-3-5-14(16)24)21-18-17(15)19(25)23-20(26)22-18/h6-10,15H,3-5H2,1-2H3,(H3,21,22,23,25,26)/t15-/m1/s1. The number of carbonyl (C=O) groups is 1. The molecule has 6 nitrogen and oxygen atoms in total. The van der Waals surface area contributed by atoms with Crippen LogP contribution in [0, 0.1) is 0 Å². The summed E-state index contributed by atoms with van der Waals surface area (Å²) in [7, 11) is 0. The third-order valence-electron chi connectivity index (χ3n) is 5.23. The fourth-order valence-corrected chi connectivity index (χ4v) is 3.90. The van der Waals surface area contributed by atoms with E-state index in [1.54, 1.807) is 0 Å². The zero-order valence-corrected chi connectivity index (χ0v) is 14.8. The molecule has 0 saturated heterocycles. The number of fused-ring (bicyclic) bond motifs is 1. The van der Waals surface area contributed by atoms with Crippen molar-refractivity contribution in [3.63, 3.8) is 0 Å². The van der Waals surface area contributed by atoms with Crippen LogP contribution in [0.25, 0.3) is 0 Å². The molecular weight excluding hydrogens is 330 g/mol. The van der Waals surface area contributed by atoms with E-state index < -0.39 is 17.2 Å². The highest BCUT2D eigenvalue weighted by Gasteiger charge is 2.37. The summed E-state index contributed by atoms with van der Waals surface area (Å²) in [5.41, 5.74) is 2.93. The third-order valence-corrected chi connectivity index (χ3v) is 5.23. The fraction of sp³-hybridized carbons (Fsp3) is 0.350. The van der Waals surface area contributed by atoms with Crippen molar-refractivity contribution in [2.45, 2.75) is 44.9 Å². The van der Waals surface area contributed by atoms with Gasteiger partial charge in [-0.05, 0) is 29.9 Å². The molecule has 0 unspecified atom stereocenters. The second kappa shape index (κ2) is 6.12. The third kappa shape index (κ3) is 2.62. The number of hydrogen-bond donors (Lipinski definition) is 3. The van der Waals surface area contributed by atoms with Crippen molar-refractivity contribution in [3.8, 4) is 0 Å². The molecule has 0 amide bonds. The largest absolute Gasteiger partial charge is 0.344 e. The number of anilines is 1. The van der Waals surface area contributed by atoms with Gasteiger partial charge in [0.15, 0.2) is 5.78 Å². The average Bonchev–Trinajstić information content (AvgIpc) is 2.60. The molecule has 1 atom stereocenters. The van der Waals surface area contributed by atoms with Crippen LogP contribution in [0.3, 0.4) is 0 Å². The van der Waals surface area contributed by atoms with E-state index in [2.05, 4.69) is 29.1 Å². The van der Waals surface area contributed by atoms with Crippen molar-refractivity contribution in [3.05, 3.63) is 73.1 Å². The molecule has 1 aromatic carbocycles. The number of Topliss-reactive ketones (excluding diaryl/α,β-unsaturated/α-hetero) is 1. The highest BCUT2D eigenvalue weighted by atomic mass is 16.2. The van der Waals surface area contributed by atoms with Gasteiger partial charge >= 0.3 is 5.69 Å². The molecule has 26 heavy (non-hydrogen) atoms. The first-order chi connectivity index (χ1) is 12.5. The summed E-state index contributed by atoms with van der Waals surface area (Å²) in [6.07, 6.45) is 1.99. The molecule has 2 aliphatic rings. The molecule has 1 aliphatic heterocycles. The molecule has 0 fully saturated rings. The van der Waals surface area contributed by atoms with E-state index in [1.807, 2.05) is 24.3 Å². The lowest BCUT2D eigenvalue weighted by atomic mass is 9.76. The maximum atomic E-state index is 12.7. The van der Waals surface area contributed by atoms with Gasteiger partial charge in [-0.3, -0.25) is 19.6 Å². The second-order valence-electron chi connectivity index (χ2n) is 7.25. The molecule has 2 aromatic rings. The van der Waals surface area contributed by atoms with Gasteiger partial charge in [0.05, 0.1) is 5.56 Å². The SMILES string of the molecule is CC(C)c1ccc([C@@H]2C3=C(CCCC3=O)Nc3[nH]c(=O)[nH]c(=O)c32)cc1. The van der Waals surface area contributed by atoms with Gasteiger partial charge in [-0.2, -0.15) is 0 Å². The van der Waals surface area contributed by atoms with Crippen LogP contribution >= 0.6 is 0 Å². The molecule has 0 saturated carbocycles. The summed E-state index contributed by atoms with van der Waals surface area (Å²) in [6.45, 7) is 4.24. The van der Waals surface area contributed by atoms with Crippen molar-refractivity contribution >= 4 is 11.6 Å². The Hall–Kier alpha value is -2.89. The lowest BCUT2D eigenvalue weighted by molar-refractivity contribution is -0.116. The van der Waals surface area contributed by atoms with Crippen molar-refractivity contribution in [1.82, 2.24) is 9.97 Å². The normalized spacial score (nSPS) is 19.2. The summed E-state index contributed by atoms with van der Waals surface area (Å²) in [5.74, 6) is 0.393. The number of H-pyrrole nitrogens is 2. The molecular formula is C20H21N3O3. The molecule has 0 radical (unpaired) electrons. The summed E-state index contributed by atoms with van der Waals surface area (Å²) < 4.78 is 0. The molecule has 6 heteroatoms. The van der Waals surface area contributed by atoms with Crippen molar-refractivity contribution in [2.75, 3.05) is 5.32 Å². The van der Waals surface area contributed by atoms with Crippen LogP contribution < -0.4 is 16.6 Å². The molecule has 0 bridgehead atoms. The van der Waals surface area contributed by atoms with Crippen LogP contribution in [0.5, 0.6) is 0 Å². The van der Waals surface area contributed by atoms with E-state index in [0.717, 1.165) is 24.1 Å². The Morgan fingerprint density at radius 3 is 2.42 bits per heavy atom. The van der Waals surface area contributed by atoms with E-state index in [0.29, 0.717) is 29.3 Å². The van der Waals surface area contributed by atoms with Gasteiger partial charge in [0, 0.05) is 23.6 Å². The first kappa shape index (κ1) is 16.6. The number of allylic oxidation sites excluding steroid dienone is 2. The van der Waals surface area contributed by atoms with Crippen LogP contribution in [0.1, 0.15) is 61.6 Å². The minimum absolute atomic E-state index is 0.0629. The summed E-state index contributed by atoms with van der Waals surface area (Å²) in [4.78, 5) is 42.0.